The van der Waals surface area contributed by atoms with Crippen molar-refractivity contribution in [3.05, 3.63) is 0 Å². The number of esters is 1. The molecule has 3 atom stereocenters. The molecular weight excluding hydrogens is 265 g/mol. The summed E-state index contributed by atoms with van der Waals surface area (Å²) in [7, 11) is 0. The number of hydrogen-bond acceptors (Lipinski definition) is 4. The van der Waals surface area contributed by atoms with Crippen LogP contribution >= 0.6 is 0 Å². The number of hydrogen-bond donors (Lipinski definition) is 1. The predicted molar refractivity (Wildman–Crippen MR) is 72.0 cm³/mol. The number of carbonyl (C=O) groups excluding carboxylic acids is 2. The highest BCUT2D eigenvalue weighted by atomic mass is 19.1. The van der Waals surface area contributed by atoms with Crippen LogP contribution in [-0.4, -0.2) is 36.5 Å². The molecule has 5 nitrogen and oxygen atoms in total. The fourth-order valence-corrected chi connectivity index (χ4v) is 2.21. The van der Waals surface area contributed by atoms with Gasteiger partial charge in [0.25, 0.3) is 0 Å². The Morgan fingerprint density at radius 2 is 1.95 bits per heavy atom. The zero-order chi connectivity index (χ0) is 15.3. The van der Waals surface area contributed by atoms with E-state index >= 15 is 0 Å². The first-order chi connectivity index (χ1) is 9.23. The summed E-state index contributed by atoms with van der Waals surface area (Å²) in [5.41, 5.74) is -0.613. The molecule has 1 fully saturated rings. The summed E-state index contributed by atoms with van der Waals surface area (Å²) < 4.78 is 24.0. The van der Waals surface area contributed by atoms with Crippen molar-refractivity contribution in [2.75, 3.05) is 6.61 Å². The lowest BCUT2D eigenvalue weighted by Crippen LogP contribution is -2.47. The normalized spacial score (nSPS) is 26.8. The van der Waals surface area contributed by atoms with Crippen LogP contribution < -0.4 is 5.32 Å². The van der Waals surface area contributed by atoms with Crippen LogP contribution in [0.3, 0.4) is 0 Å². The average Bonchev–Trinajstić information content (AvgIpc) is 2.29. The Labute approximate surface area is 119 Å². The van der Waals surface area contributed by atoms with Gasteiger partial charge in [0.15, 0.2) is 0 Å². The van der Waals surface area contributed by atoms with E-state index in [0.717, 1.165) is 0 Å². The van der Waals surface area contributed by atoms with Crippen LogP contribution in [0.15, 0.2) is 0 Å². The van der Waals surface area contributed by atoms with Gasteiger partial charge >= 0.3 is 12.1 Å². The number of carbonyl (C=O) groups is 2. The minimum absolute atomic E-state index is 0.0826. The third kappa shape index (κ3) is 5.35. The first-order valence-electron chi connectivity index (χ1n) is 7.03. The SMILES string of the molecule is CCOC(=O)[C@H]1CC[C@H](NC(=O)OC(C)(C)C)[C@H](F)C1. The van der Waals surface area contributed by atoms with Crippen molar-refractivity contribution >= 4 is 12.1 Å². The summed E-state index contributed by atoms with van der Waals surface area (Å²) >= 11 is 0. The molecule has 0 radical (unpaired) electrons. The van der Waals surface area contributed by atoms with Gasteiger partial charge in [0.1, 0.15) is 11.8 Å². The molecule has 20 heavy (non-hydrogen) atoms. The summed E-state index contributed by atoms with van der Waals surface area (Å²) in [6.07, 6.45) is -0.881. The second kappa shape index (κ2) is 6.90. The highest BCUT2D eigenvalue weighted by Crippen LogP contribution is 2.28. The zero-order valence-electron chi connectivity index (χ0n) is 12.6. The van der Waals surface area contributed by atoms with Gasteiger partial charge in [-0.1, -0.05) is 0 Å². The van der Waals surface area contributed by atoms with Crippen molar-refractivity contribution in [3.63, 3.8) is 0 Å². The molecule has 0 unspecified atom stereocenters. The maximum absolute atomic E-state index is 14.0. The Morgan fingerprint density at radius 3 is 2.45 bits per heavy atom. The molecule has 1 N–H and O–H groups in total. The molecule has 1 aliphatic carbocycles. The molecule has 0 heterocycles. The number of ether oxygens (including phenoxy) is 2. The topological polar surface area (TPSA) is 64.6 Å². The summed E-state index contributed by atoms with van der Waals surface area (Å²) in [5, 5.41) is 2.53. The number of nitrogens with one attached hydrogen (secondary N) is 1. The maximum atomic E-state index is 14.0. The first kappa shape index (κ1) is 16.7. The summed E-state index contributed by atoms with van der Waals surface area (Å²) in [6, 6.07) is -0.601. The average molecular weight is 289 g/mol. The van der Waals surface area contributed by atoms with Crippen LogP contribution in [0.5, 0.6) is 0 Å². The van der Waals surface area contributed by atoms with E-state index in [0.29, 0.717) is 19.4 Å². The van der Waals surface area contributed by atoms with Gasteiger partial charge in [-0.2, -0.15) is 0 Å². The van der Waals surface area contributed by atoms with Gasteiger partial charge < -0.3 is 14.8 Å². The lowest BCUT2D eigenvalue weighted by molar-refractivity contribution is -0.150. The molecule has 6 heteroatoms. The van der Waals surface area contributed by atoms with Gasteiger partial charge in [-0.15, -0.1) is 0 Å². The fraction of sp³-hybridized carbons (Fsp3) is 0.857. The zero-order valence-corrected chi connectivity index (χ0v) is 12.6. The third-order valence-electron chi connectivity index (χ3n) is 3.09. The summed E-state index contributed by atoms with van der Waals surface area (Å²) in [6.45, 7) is 7.26. The van der Waals surface area contributed by atoms with Gasteiger partial charge in [0.05, 0.1) is 18.6 Å². The molecule has 1 aliphatic rings. The number of amides is 1. The largest absolute Gasteiger partial charge is 0.466 e. The third-order valence-corrected chi connectivity index (χ3v) is 3.09. The Hall–Kier alpha value is -1.33. The molecule has 0 bridgehead atoms. The van der Waals surface area contributed by atoms with E-state index in [1.807, 2.05) is 0 Å². The van der Waals surface area contributed by atoms with Crippen molar-refractivity contribution in [2.45, 2.75) is 64.8 Å². The van der Waals surface area contributed by atoms with E-state index in [1.54, 1.807) is 27.7 Å². The molecule has 0 saturated heterocycles. The van der Waals surface area contributed by atoms with Gasteiger partial charge in [0, 0.05) is 0 Å². The number of alkyl halides is 1. The molecule has 0 aliphatic heterocycles. The minimum Gasteiger partial charge on any atom is -0.466 e. The highest BCUT2D eigenvalue weighted by Gasteiger charge is 2.36. The smallest absolute Gasteiger partial charge is 0.407 e. The van der Waals surface area contributed by atoms with Gasteiger partial charge in [0.2, 0.25) is 0 Å². The van der Waals surface area contributed by atoms with Crippen LogP contribution in [0.25, 0.3) is 0 Å². The summed E-state index contributed by atoms with van der Waals surface area (Å²) in [4.78, 5) is 23.2. The van der Waals surface area contributed by atoms with Gasteiger partial charge in [-0.25, -0.2) is 9.18 Å². The Kier molecular flexibility index (Phi) is 5.77. The van der Waals surface area contributed by atoms with E-state index in [2.05, 4.69) is 5.32 Å². The van der Waals surface area contributed by atoms with E-state index in [9.17, 15) is 14.0 Å². The second-order valence-electron chi connectivity index (χ2n) is 6.03. The van der Waals surface area contributed by atoms with Crippen molar-refractivity contribution in [3.8, 4) is 0 Å². The maximum Gasteiger partial charge on any atom is 0.407 e. The van der Waals surface area contributed by atoms with Crippen LogP contribution in [0.4, 0.5) is 9.18 Å². The van der Waals surface area contributed by atoms with Gasteiger partial charge in [-0.3, -0.25) is 4.79 Å². The highest BCUT2D eigenvalue weighted by molar-refractivity contribution is 5.73. The molecule has 116 valence electrons. The molecule has 0 aromatic heterocycles. The van der Waals surface area contributed by atoms with Crippen LogP contribution in [0.1, 0.15) is 47.0 Å². The van der Waals surface area contributed by atoms with E-state index in [4.69, 9.17) is 9.47 Å². The molecule has 0 spiro atoms. The van der Waals surface area contributed by atoms with Crippen LogP contribution in [0, 0.1) is 5.92 Å². The second-order valence-corrected chi connectivity index (χ2v) is 6.03. The number of rotatable bonds is 3. The lowest BCUT2D eigenvalue weighted by Gasteiger charge is -2.31. The van der Waals surface area contributed by atoms with Crippen LogP contribution in [-0.2, 0) is 14.3 Å². The van der Waals surface area contributed by atoms with E-state index in [-0.39, 0.29) is 12.4 Å². The molecular formula is C14H24FNO4. The standard InChI is InChI=1S/C14H24FNO4/c1-5-19-12(17)9-6-7-11(10(15)8-9)16-13(18)20-14(2,3)4/h9-11H,5-8H2,1-4H3,(H,16,18)/t9-,10+,11-/m0/s1. The van der Waals surface area contributed by atoms with Crippen molar-refractivity contribution in [1.29, 1.82) is 0 Å². The van der Waals surface area contributed by atoms with E-state index in [1.165, 1.54) is 0 Å². The molecule has 1 amide bonds. The lowest BCUT2D eigenvalue weighted by atomic mass is 9.85. The predicted octanol–water partition coefficient (Wildman–Crippen LogP) is 2.58. The van der Waals surface area contributed by atoms with E-state index < -0.39 is 29.8 Å². The monoisotopic (exact) mass is 289 g/mol. The summed E-state index contributed by atoms with van der Waals surface area (Å²) in [5.74, 6) is -0.771. The molecule has 1 rings (SSSR count). The first-order valence-corrected chi connectivity index (χ1v) is 7.03. The molecule has 0 aromatic carbocycles. The quantitative estimate of drug-likeness (QED) is 0.811. The molecule has 0 aromatic rings. The Morgan fingerprint density at radius 1 is 1.30 bits per heavy atom. The van der Waals surface area contributed by atoms with Crippen LogP contribution in [0.2, 0.25) is 0 Å². The Bertz CT molecular complexity index is 354. The van der Waals surface area contributed by atoms with Crippen molar-refractivity contribution in [1.82, 2.24) is 5.32 Å². The minimum atomic E-state index is -1.26. The van der Waals surface area contributed by atoms with Crippen molar-refractivity contribution < 1.29 is 23.5 Å². The number of halogens is 1. The molecule has 1 saturated carbocycles. The fourth-order valence-electron chi connectivity index (χ4n) is 2.21. The van der Waals surface area contributed by atoms with Gasteiger partial charge in [-0.05, 0) is 47.0 Å². The number of alkyl carbamates (subject to hydrolysis) is 1. The van der Waals surface area contributed by atoms with Crippen molar-refractivity contribution in [2.24, 2.45) is 5.92 Å². The Balaban J connectivity index is 2.45.